The Morgan fingerprint density at radius 1 is 0.556 bits per heavy atom. The maximum absolute atomic E-state index is 12.7. The monoisotopic (exact) mass is 889 g/mol. The first-order valence-corrected chi connectivity index (χ1v) is 22.5. The molecule has 0 bridgehead atoms. The Balaban J connectivity index is 0.000000157. The van der Waals surface area contributed by atoms with Crippen LogP contribution in [0.25, 0.3) is 22.5 Å². The van der Waals surface area contributed by atoms with Crippen LogP contribution >= 0.6 is 23.2 Å². The van der Waals surface area contributed by atoms with E-state index in [2.05, 4.69) is 56.4 Å². The topological polar surface area (TPSA) is 151 Å². The van der Waals surface area contributed by atoms with Crippen molar-refractivity contribution in [2.24, 2.45) is 0 Å². The first-order chi connectivity index (χ1) is 30.4. The van der Waals surface area contributed by atoms with Crippen molar-refractivity contribution in [1.82, 2.24) is 43.9 Å². The van der Waals surface area contributed by atoms with Gasteiger partial charge in [0.2, 0.25) is 0 Å². The Morgan fingerprint density at radius 2 is 1.00 bits per heavy atom. The lowest BCUT2D eigenvalue weighted by molar-refractivity contribution is 0.0690. The molecule has 2 fully saturated rings. The largest absolute Gasteiger partial charge is 0.476 e. The molecule has 1 saturated heterocycles. The van der Waals surface area contributed by atoms with Gasteiger partial charge in [-0.2, -0.15) is 0 Å². The molecule has 1 aliphatic carbocycles. The third-order valence-electron chi connectivity index (χ3n) is 12.0. The number of anilines is 2. The number of likely N-dealkylation sites (tertiary alicyclic amines) is 1. The number of aryl methyl sites for hydroxylation is 4. The number of carbonyl (C=O) groups excluding carboxylic acids is 1. The fourth-order valence-electron chi connectivity index (χ4n) is 8.63. The van der Waals surface area contributed by atoms with Gasteiger partial charge in [0, 0.05) is 87.6 Å². The summed E-state index contributed by atoms with van der Waals surface area (Å²) in [6, 6.07) is 8.12. The number of carbonyl (C=O) groups is 2. The highest BCUT2D eigenvalue weighted by Crippen LogP contribution is 2.34. The number of rotatable bonds is 6. The van der Waals surface area contributed by atoms with Crippen LogP contribution in [0.15, 0.2) is 61.4 Å². The Labute approximate surface area is 378 Å². The summed E-state index contributed by atoms with van der Waals surface area (Å²) in [7, 11) is 0. The van der Waals surface area contributed by atoms with E-state index in [0.29, 0.717) is 47.7 Å². The molecule has 16 heteroatoms. The molecule has 0 atom stereocenters. The predicted octanol–water partition coefficient (Wildman–Crippen LogP) is 9.15. The summed E-state index contributed by atoms with van der Waals surface area (Å²) in [4.78, 5) is 57.0. The van der Waals surface area contributed by atoms with Gasteiger partial charge in [-0.3, -0.25) is 14.8 Å². The highest BCUT2D eigenvalue weighted by atomic mass is 35.5. The maximum Gasteiger partial charge on any atom is 0.356 e. The van der Waals surface area contributed by atoms with Crippen molar-refractivity contribution in [3.8, 4) is 22.5 Å². The molecule has 63 heavy (non-hydrogen) atoms. The van der Waals surface area contributed by atoms with Crippen molar-refractivity contribution in [3.63, 3.8) is 0 Å². The number of pyridine rings is 4. The second-order valence-electron chi connectivity index (χ2n) is 16.8. The fourth-order valence-corrected chi connectivity index (χ4v) is 9.01. The normalized spacial score (nSPS) is 15.6. The molecule has 328 valence electrons. The number of carboxylic acid groups (broad SMARTS) is 1. The van der Waals surface area contributed by atoms with Crippen LogP contribution in [-0.2, 0) is 26.2 Å². The fraction of sp³-hybridized carbons (Fsp3) is 0.404. The minimum atomic E-state index is -1.02. The van der Waals surface area contributed by atoms with Gasteiger partial charge in [-0.1, -0.05) is 67.4 Å². The molecule has 1 amide bonds. The van der Waals surface area contributed by atoms with Crippen LogP contribution < -0.4 is 9.80 Å². The van der Waals surface area contributed by atoms with Crippen LogP contribution in [0.2, 0.25) is 10.0 Å². The first-order valence-electron chi connectivity index (χ1n) is 21.7. The van der Waals surface area contributed by atoms with Gasteiger partial charge in [0.05, 0.1) is 34.5 Å². The van der Waals surface area contributed by atoms with Crippen LogP contribution in [0, 0.1) is 27.7 Å². The standard InChI is InChI=1S/C23H25ClN6O.C19H18ClN5O2.C5H10/c1-15-9-16(2)22(26-11-15)17-10-20(25-12-18(17)24)30-8-7-29-13-19(27-21(29)14-30)23(31)28-5-3-4-6-28;1-11-5-12(2)18(22-7-11)13-6-16(21-8-14(13)20)25-4-3-24-9-15(19(26)27)23-17(24)10-25;1-2-4-5-3-1/h9-13H,3-8,14H2,1-2H3;5-9H,3-4,10H2,1-2H3,(H,26,27);1-5H2. The molecule has 0 aromatic carbocycles. The predicted molar refractivity (Wildman–Crippen MR) is 246 cm³/mol. The molecule has 0 spiro atoms. The zero-order chi connectivity index (χ0) is 44.2. The zero-order valence-electron chi connectivity index (χ0n) is 36.3. The quantitative estimate of drug-likeness (QED) is 0.171. The highest BCUT2D eigenvalue weighted by Gasteiger charge is 2.27. The lowest BCUT2D eigenvalue weighted by Gasteiger charge is -2.29. The van der Waals surface area contributed by atoms with Crippen molar-refractivity contribution >= 4 is 46.7 Å². The molecule has 0 radical (unpaired) electrons. The van der Waals surface area contributed by atoms with Gasteiger partial charge in [0.15, 0.2) is 5.69 Å². The molecule has 3 aliphatic heterocycles. The molecule has 6 aromatic rings. The third-order valence-corrected chi connectivity index (χ3v) is 12.6. The summed E-state index contributed by atoms with van der Waals surface area (Å²) in [5.74, 6) is 2.22. The number of imidazole rings is 2. The van der Waals surface area contributed by atoms with Gasteiger partial charge in [0.25, 0.3) is 5.91 Å². The van der Waals surface area contributed by atoms with Gasteiger partial charge in [-0.15, -0.1) is 0 Å². The number of aromatic nitrogens is 8. The second kappa shape index (κ2) is 19.3. The molecular weight excluding hydrogens is 837 g/mol. The van der Waals surface area contributed by atoms with Gasteiger partial charge in [-0.25, -0.2) is 24.7 Å². The van der Waals surface area contributed by atoms with Gasteiger partial charge in [-0.05, 0) is 74.9 Å². The minimum Gasteiger partial charge on any atom is -0.476 e. The van der Waals surface area contributed by atoms with E-state index in [-0.39, 0.29) is 11.6 Å². The van der Waals surface area contributed by atoms with Crippen molar-refractivity contribution in [2.45, 2.75) is 98.8 Å². The van der Waals surface area contributed by atoms with E-state index in [1.54, 1.807) is 18.6 Å². The number of hydrogen-bond acceptors (Lipinski definition) is 10. The lowest BCUT2D eigenvalue weighted by atomic mass is 10.1. The summed E-state index contributed by atoms with van der Waals surface area (Å²) in [6.07, 6.45) is 20.1. The zero-order valence-corrected chi connectivity index (χ0v) is 37.8. The summed E-state index contributed by atoms with van der Waals surface area (Å²) < 4.78 is 3.96. The van der Waals surface area contributed by atoms with Crippen LogP contribution in [0.3, 0.4) is 0 Å². The summed E-state index contributed by atoms with van der Waals surface area (Å²) >= 11 is 12.9. The van der Waals surface area contributed by atoms with Crippen LogP contribution in [0.1, 0.15) is 99.8 Å². The highest BCUT2D eigenvalue weighted by molar-refractivity contribution is 6.33. The molecule has 1 saturated carbocycles. The number of hydrogen-bond donors (Lipinski definition) is 1. The number of halogens is 2. The van der Waals surface area contributed by atoms with E-state index >= 15 is 0 Å². The van der Waals surface area contributed by atoms with E-state index in [1.165, 1.54) is 32.1 Å². The van der Waals surface area contributed by atoms with E-state index < -0.39 is 5.97 Å². The Hall–Kier alpha value is -5.86. The summed E-state index contributed by atoms with van der Waals surface area (Å²) in [6.45, 7) is 13.7. The Bertz CT molecular complexity index is 2630. The van der Waals surface area contributed by atoms with Crippen LogP contribution in [-0.4, -0.2) is 87.1 Å². The molecular formula is C47H53Cl2N11O3. The minimum absolute atomic E-state index is 0.0405. The van der Waals surface area contributed by atoms with Crippen LogP contribution in [0.4, 0.5) is 11.6 Å². The number of fused-ring (bicyclic) bond motifs is 2. The Kier molecular flexibility index (Phi) is 13.4. The molecule has 0 unspecified atom stereocenters. The molecule has 9 heterocycles. The average Bonchev–Trinajstić information content (AvgIpc) is 4.13. The van der Waals surface area contributed by atoms with Crippen molar-refractivity contribution < 1.29 is 14.7 Å². The lowest BCUT2D eigenvalue weighted by Crippen LogP contribution is -2.34. The average molecular weight is 891 g/mol. The summed E-state index contributed by atoms with van der Waals surface area (Å²) in [5, 5.41) is 10.3. The van der Waals surface area contributed by atoms with E-state index in [1.807, 2.05) is 67.9 Å². The summed E-state index contributed by atoms with van der Waals surface area (Å²) in [5.41, 5.74) is 8.37. The van der Waals surface area contributed by atoms with E-state index in [0.717, 1.165) is 101 Å². The SMILES string of the molecule is C1CCCC1.Cc1cnc(-c2cc(N3CCn4cc(C(=O)N5CCCC5)nc4C3)ncc2Cl)c(C)c1.Cc1cnc(-c2cc(N3CCn4cc(C(=O)O)nc4C3)ncc2Cl)c(C)c1. The van der Waals surface area contributed by atoms with Crippen LogP contribution in [0.5, 0.6) is 0 Å². The molecule has 6 aromatic heterocycles. The molecule has 4 aliphatic rings. The number of amides is 1. The van der Waals surface area contributed by atoms with Gasteiger partial charge < -0.3 is 28.9 Å². The number of aromatic carboxylic acids is 1. The number of carboxylic acids is 1. The van der Waals surface area contributed by atoms with Crippen molar-refractivity contribution in [3.05, 3.63) is 117 Å². The molecule has 10 rings (SSSR count). The van der Waals surface area contributed by atoms with E-state index in [9.17, 15) is 9.59 Å². The van der Waals surface area contributed by atoms with Gasteiger partial charge >= 0.3 is 5.97 Å². The second-order valence-corrected chi connectivity index (χ2v) is 17.6. The van der Waals surface area contributed by atoms with Crippen molar-refractivity contribution in [2.75, 3.05) is 36.0 Å². The maximum atomic E-state index is 12.7. The van der Waals surface area contributed by atoms with E-state index in [4.69, 9.17) is 28.3 Å². The third kappa shape index (κ3) is 10.0. The Morgan fingerprint density at radius 3 is 1.44 bits per heavy atom. The van der Waals surface area contributed by atoms with Crippen molar-refractivity contribution in [1.29, 1.82) is 0 Å². The smallest absolute Gasteiger partial charge is 0.356 e. The van der Waals surface area contributed by atoms with Gasteiger partial charge in [0.1, 0.15) is 29.0 Å². The first kappa shape index (κ1) is 43.8. The molecule has 1 N–H and O–H groups in total. The number of nitrogens with zero attached hydrogens (tertiary/aromatic N) is 11. The molecule has 14 nitrogen and oxygen atoms in total.